The van der Waals surface area contributed by atoms with Crippen molar-refractivity contribution in [2.24, 2.45) is 11.8 Å². The Labute approximate surface area is 296 Å². The van der Waals surface area contributed by atoms with Crippen LogP contribution in [-0.2, 0) is 23.9 Å². The van der Waals surface area contributed by atoms with Crippen LogP contribution in [0.5, 0.6) is 0 Å². The number of allylic oxidation sites excluding steroid dienone is 1. The summed E-state index contributed by atoms with van der Waals surface area (Å²) in [5, 5.41) is 17.7. The van der Waals surface area contributed by atoms with Crippen molar-refractivity contribution in [3.8, 4) is 0 Å². The Morgan fingerprint density at radius 1 is 0.960 bits per heavy atom. The highest BCUT2D eigenvalue weighted by molar-refractivity contribution is 5.96. The number of carboxylic acid groups (broad SMARTS) is 1. The highest BCUT2D eigenvalue weighted by atomic mass is 16.6. The van der Waals surface area contributed by atoms with E-state index in [2.05, 4.69) is 27.0 Å². The lowest BCUT2D eigenvalue weighted by atomic mass is 9.85. The summed E-state index contributed by atoms with van der Waals surface area (Å²) in [5.74, 6) is -1.86. The van der Waals surface area contributed by atoms with Gasteiger partial charge in [-0.3, -0.25) is 9.59 Å². The Kier molecular flexibility index (Phi) is 11.7. The molecule has 1 unspecified atom stereocenters. The molecule has 50 heavy (non-hydrogen) atoms. The number of hydrogen-bond donors (Lipinski definition) is 6. The highest BCUT2D eigenvalue weighted by Gasteiger charge is 2.61. The van der Waals surface area contributed by atoms with Crippen molar-refractivity contribution in [1.82, 2.24) is 37.0 Å². The first-order chi connectivity index (χ1) is 23.9. The molecule has 3 saturated carbocycles. The average molecular weight is 702 g/mol. The summed E-state index contributed by atoms with van der Waals surface area (Å²) in [6.07, 6.45) is 18.4. The number of carbonyl (C=O) groups is 4. The molecule has 0 aromatic rings. The number of hydrogen-bond acceptors (Lipinski definition) is 10. The van der Waals surface area contributed by atoms with Gasteiger partial charge in [0.25, 0.3) is 0 Å². The zero-order valence-corrected chi connectivity index (χ0v) is 30.1. The molecule has 0 bridgehead atoms. The summed E-state index contributed by atoms with van der Waals surface area (Å²) in [7, 11) is 0. The van der Waals surface area contributed by atoms with Crippen molar-refractivity contribution < 1.29 is 33.8 Å². The van der Waals surface area contributed by atoms with E-state index < -0.39 is 41.2 Å². The number of nitrogens with zero attached hydrogens (tertiary/aromatic N) is 2. The Bertz CT molecular complexity index is 1260. The van der Waals surface area contributed by atoms with E-state index in [1.54, 1.807) is 20.8 Å². The molecule has 6 atom stereocenters. The molecule has 14 nitrogen and oxygen atoms in total. The van der Waals surface area contributed by atoms with Crippen molar-refractivity contribution in [3.63, 3.8) is 0 Å². The molecule has 2 saturated heterocycles. The number of ether oxygens (including phenoxy) is 2. The lowest BCUT2D eigenvalue weighted by molar-refractivity contribution is -0.145. The van der Waals surface area contributed by atoms with E-state index in [9.17, 15) is 24.3 Å². The van der Waals surface area contributed by atoms with Gasteiger partial charge in [0.15, 0.2) is 0 Å². The Balaban J connectivity index is 1.14. The Morgan fingerprint density at radius 2 is 1.66 bits per heavy atom. The van der Waals surface area contributed by atoms with Crippen molar-refractivity contribution in [1.29, 1.82) is 0 Å². The van der Waals surface area contributed by atoms with Crippen LogP contribution in [0.4, 0.5) is 4.79 Å². The van der Waals surface area contributed by atoms with Crippen molar-refractivity contribution >= 4 is 23.9 Å². The largest absolute Gasteiger partial charge is 0.479 e. The minimum Gasteiger partial charge on any atom is -0.479 e. The van der Waals surface area contributed by atoms with Crippen LogP contribution in [0.15, 0.2) is 12.2 Å². The second-order valence-corrected chi connectivity index (χ2v) is 16.4. The summed E-state index contributed by atoms with van der Waals surface area (Å²) < 4.78 is 12.0. The second-order valence-electron chi connectivity index (χ2n) is 16.4. The SMILES string of the molecule is CC(C)(C)OC(=O)N[C@H]1CCCCC/C=C\[C@@H]2C[C@@]2(C(=O)O)NC(=O)[C@@H]2C[C@@H](N3NNC(C4CCC(OC5CCCCC5)CC4)N3)CN2C1=O. The van der Waals surface area contributed by atoms with E-state index in [0.29, 0.717) is 37.4 Å². The van der Waals surface area contributed by atoms with Gasteiger partial charge in [0.2, 0.25) is 11.8 Å². The van der Waals surface area contributed by atoms with Crippen LogP contribution >= 0.6 is 0 Å². The number of fused-ring (bicyclic) bond motifs is 2. The van der Waals surface area contributed by atoms with E-state index >= 15 is 0 Å². The molecule has 6 rings (SSSR count). The molecule has 0 spiro atoms. The molecule has 14 heteroatoms. The van der Waals surface area contributed by atoms with Gasteiger partial charge in [0.1, 0.15) is 23.2 Å². The molecule has 5 fully saturated rings. The van der Waals surface area contributed by atoms with Crippen LogP contribution < -0.4 is 27.0 Å². The minimum atomic E-state index is -1.38. The molecule has 3 aliphatic heterocycles. The number of rotatable bonds is 6. The lowest BCUT2D eigenvalue weighted by Crippen LogP contribution is -2.56. The molecule has 6 aliphatic rings. The molecular weight excluding hydrogens is 642 g/mol. The van der Waals surface area contributed by atoms with Gasteiger partial charge >= 0.3 is 12.1 Å². The van der Waals surface area contributed by atoms with E-state index in [1.165, 1.54) is 37.0 Å². The van der Waals surface area contributed by atoms with E-state index in [4.69, 9.17) is 9.47 Å². The summed E-state index contributed by atoms with van der Waals surface area (Å²) in [6.45, 7) is 5.51. The third-order valence-electron chi connectivity index (χ3n) is 11.4. The van der Waals surface area contributed by atoms with Gasteiger partial charge in [-0.15, -0.1) is 0 Å². The van der Waals surface area contributed by atoms with E-state index in [0.717, 1.165) is 44.9 Å². The van der Waals surface area contributed by atoms with Gasteiger partial charge in [-0.1, -0.05) is 44.3 Å². The molecule has 3 amide bonds. The summed E-state index contributed by atoms with van der Waals surface area (Å²) in [6, 6.07) is -2.11. The normalized spacial score (nSPS) is 37.1. The quantitative estimate of drug-likeness (QED) is 0.224. The second kappa shape index (κ2) is 15.9. The minimum absolute atomic E-state index is 0.0240. The first kappa shape index (κ1) is 37.0. The number of nitrogens with one attached hydrogen (secondary N) is 5. The standard InChI is InChI=1S/C36H59N7O7/c1-35(2,3)50-34(48)37-28-15-11-6-4-5-8-12-24-21-36(24,33(46)47)38-31(44)29-20-25(22-42(29)32(28)45)43-40-30(39-41-43)23-16-18-27(19-17-23)49-26-13-9-7-10-14-26/h8,12,23-30,39-41H,4-7,9-11,13-22H2,1-3H3,(H,37,48)(H,38,44)(H,46,47)/b12-8-/t23?,24-,25-,27?,28+,29+,30?,36-/m1/s1. The lowest BCUT2D eigenvalue weighted by Gasteiger charge is -2.34. The maximum absolute atomic E-state index is 14.3. The maximum atomic E-state index is 14.3. The van der Waals surface area contributed by atoms with Gasteiger partial charge in [-0.25, -0.2) is 20.4 Å². The smallest absolute Gasteiger partial charge is 0.408 e. The predicted molar refractivity (Wildman–Crippen MR) is 185 cm³/mol. The predicted octanol–water partition coefficient (Wildman–Crippen LogP) is 3.39. The van der Waals surface area contributed by atoms with E-state index in [1.807, 2.05) is 17.3 Å². The van der Waals surface area contributed by atoms with Crippen molar-refractivity contribution in [2.45, 2.75) is 171 Å². The van der Waals surface area contributed by atoms with Crippen molar-refractivity contribution in [2.75, 3.05) is 6.54 Å². The van der Waals surface area contributed by atoms with Crippen LogP contribution in [0.1, 0.15) is 124 Å². The fourth-order valence-corrected chi connectivity index (χ4v) is 8.52. The number of hydrazine groups is 3. The fourth-order valence-electron chi connectivity index (χ4n) is 8.52. The fraction of sp³-hybridized carbons (Fsp3) is 0.833. The highest BCUT2D eigenvalue weighted by Crippen LogP contribution is 2.45. The molecule has 6 N–H and O–H groups in total. The molecule has 3 heterocycles. The zero-order chi connectivity index (χ0) is 35.5. The zero-order valence-electron chi connectivity index (χ0n) is 30.1. The molecular formula is C36H59N7O7. The number of carboxylic acids is 1. The van der Waals surface area contributed by atoms with Crippen LogP contribution in [0.2, 0.25) is 0 Å². The Hall–Kier alpha value is -2.78. The maximum Gasteiger partial charge on any atom is 0.408 e. The molecule has 0 aromatic heterocycles. The monoisotopic (exact) mass is 701 g/mol. The van der Waals surface area contributed by atoms with Gasteiger partial charge in [-0.05, 0) is 97.3 Å². The van der Waals surface area contributed by atoms with Crippen LogP contribution in [0.3, 0.4) is 0 Å². The number of carbonyl (C=O) groups excluding carboxylic acids is 3. The molecule has 0 radical (unpaired) electrons. The van der Waals surface area contributed by atoms with Gasteiger partial charge < -0.3 is 30.1 Å². The Morgan fingerprint density at radius 3 is 2.38 bits per heavy atom. The summed E-state index contributed by atoms with van der Waals surface area (Å²) >= 11 is 0. The van der Waals surface area contributed by atoms with Gasteiger partial charge in [0.05, 0.1) is 24.4 Å². The topological polar surface area (TPSA) is 174 Å². The first-order valence-electron chi connectivity index (χ1n) is 19.2. The summed E-state index contributed by atoms with van der Waals surface area (Å²) in [4.78, 5) is 55.2. The van der Waals surface area contributed by atoms with Gasteiger partial charge in [-0.2, -0.15) is 10.7 Å². The van der Waals surface area contributed by atoms with Crippen molar-refractivity contribution in [3.05, 3.63) is 12.2 Å². The average Bonchev–Trinajstić information content (AvgIpc) is 3.37. The van der Waals surface area contributed by atoms with Crippen LogP contribution in [0, 0.1) is 11.8 Å². The number of aliphatic carboxylic acids is 1. The third-order valence-corrected chi connectivity index (χ3v) is 11.4. The molecule has 3 aliphatic carbocycles. The first-order valence-corrected chi connectivity index (χ1v) is 19.2. The number of amides is 3. The van der Waals surface area contributed by atoms with Gasteiger partial charge in [0, 0.05) is 12.5 Å². The summed E-state index contributed by atoms with van der Waals surface area (Å²) in [5.41, 5.74) is 8.07. The third kappa shape index (κ3) is 8.98. The molecule has 280 valence electrons. The van der Waals surface area contributed by atoms with Crippen LogP contribution in [-0.4, -0.2) is 93.2 Å². The van der Waals surface area contributed by atoms with Crippen LogP contribution in [0.25, 0.3) is 0 Å². The number of alkyl carbamates (subject to hydrolysis) is 1. The molecule has 0 aromatic carbocycles. The van der Waals surface area contributed by atoms with E-state index in [-0.39, 0.29) is 37.0 Å².